The highest BCUT2D eigenvalue weighted by molar-refractivity contribution is 8.18. The van der Waals surface area contributed by atoms with Crippen molar-refractivity contribution in [3.8, 4) is 17.2 Å². The summed E-state index contributed by atoms with van der Waals surface area (Å²) in [6.07, 6.45) is 1.80. The van der Waals surface area contributed by atoms with Crippen LogP contribution in [0.25, 0.3) is 6.08 Å². The lowest BCUT2D eigenvalue weighted by Crippen LogP contribution is -2.38. The second-order valence-electron chi connectivity index (χ2n) is 5.37. The maximum atomic E-state index is 12.2. The Bertz CT molecular complexity index is 740. The van der Waals surface area contributed by atoms with Gasteiger partial charge in [-0.1, -0.05) is 0 Å². The number of benzene rings is 1. The molecule has 0 saturated carbocycles. The number of nitrogens with zero attached hydrogens (tertiary/aromatic N) is 2. The van der Waals surface area contributed by atoms with E-state index in [1.807, 2.05) is 12.1 Å². The predicted molar refractivity (Wildman–Crippen MR) is 89.5 cm³/mol. The second-order valence-corrected chi connectivity index (χ2v) is 6.38. The fourth-order valence-electron chi connectivity index (χ4n) is 2.67. The molecule has 0 N–H and O–H groups in total. The van der Waals surface area contributed by atoms with Crippen LogP contribution in [-0.4, -0.2) is 56.2 Å². The van der Waals surface area contributed by atoms with E-state index in [1.165, 1.54) is 11.8 Å². The van der Waals surface area contributed by atoms with Crippen LogP contribution in [0.15, 0.2) is 22.0 Å². The monoisotopic (exact) mass is 348 g/mol. The van der Waals surface area contributed by atoms with Crippen molar-refractivity contribution in [1.82, 2.24) is 4.90 Å². The fraction of sp³-hybridized carbons (Fsp3) is 0.375. The summed E-state index contributed by atoms with van der Waals surface area (Å²) in [5.74, 6) is 1.57. The lowest BCUT2D eigenvalue weighted by Gasteiger charge is -2.27. The Balaban J connectivity index is 1.57. The van der Waals surface area contributed by atoms with E-state index in [9.17, 15) is 4.79 Å². The molecule has 24 heavy (non-hydrogen) atoms. The number of carbonyl (C=O) groups is 1. The minimum atomic E-state index is -0.224. The van der Waals surface area contributed by atoms with Crippen LogP contribution < -0.4 is 14.2 Å². The first-order chi connectivity index (χ1) is 11.7. The molecular weight excluding hydrogens is 332 g/mol. The fourth-order valence-corrected chi connectivity index (χ4v) is 3.64. The van der Waals surface area contributed by atoms with Gasteiger partial charge in [-0.15, -0.1) is 0 Å². The van der Waals surface area contributed by atoms with E-state index in [4.69, 9.17) is 18.9 Å². The van der Waals surface area contributed by atoms with Gasteiger partial charge in [-0.3, -0.25) is 4.79 Å². The van der Waals surface area contributed by atoms with Gasteiger partial charge in [-0.05, 0) is 35.5 Å². The molecule has 0 unspecified atom stereocenters. The molecule has 1 saturated heterocycles. The minimum absolute atomic E-state index is 0.170. The number of amides is 1. The van der Waals surface area contributed by atoms with Gasteiger partial charge in [0.25, 0.3) is 5.91 Å². The third kappa shape index (κ3) is 2.83. The number of amidine groups is 1. The van der Waals surface area contributed by atoms with E-state index in [2.05, 4.69) is 9.89 Å². The number of fused-ring (bicyclic) bond motifs is 1. The number of hydrogen-bond acceptors (Lipinski definition) is 7. The molecule has 1 aromatic rings. The zero-order chi connectivity index (χ0) is 16.5. The quantitative estimate of drug-likeness (QED) is 0.754. The Morgan fingerprint density at radius 1 is 1.29 bits per heavy atom. The summed E-state index contributed by atoms with van der Waals surface area (Å²) < 4.78 is 21.5. The Morgan fingerprint density at radius 2 is 2.12 bits per heavy atom. The zero-order valence-electron chi connectivity index (χ0n) is 13.1. The third-order valence-corrected chi connectivity index (χ3v) is 4.91. The van der Waals surface area contributed by atoms with Crippen LogP contribution >= 0.6 is 11.8 Å². The SMILES string of the molecule is COc1cc(/C=C2\SC(N3CCOCC3)=NC2=O)cc2c1OCO2. The molecule has 0 bridgehead atoms. The molecule has 3 heterocycles. The Morgan fingerprint density at radius 3 is 2.92 bits per heavy atom. The van der Waals surface area contributed by atoms with Crippen molar-refractivity contribution in [3.05, 3.63) is 22.6 Å². The molecular formula is C16H16N2O5S. The highest BCUT2D eigenvalue weighted by Gasteiger charge is 2.27. The summed E-state index contributed by atoms with van der Waals surface area (Å²) in [4.78, 5) is 19.0. The van der Waals surface area contributed by atoms with Gasteiger partial charge in [0.05, 0.1) is 25.2 Å². The van der Waals surface area contributed by atoms with Gasteiger partial charge in [0.1, 0.15) is 0 Å². The molecule has 1 aromatic carbocycles. The molecule has 0 aromatic heterocycles. The van der Waals surface area contributed by atoms with Crippen LogP contribution in [0.3, 0.4) is 0 Å². The van der Waals surface area contributed by atoms with E-state index < -0.39 is 0 Å². The number of thioether (sulfide) groups is 1. The molecule has 126 valence electrons. The van der Waals surface area contributed by atoms with E-state index in [0.717, 1.165) is 23.8 Å². The van der Waals surface area contributed by atoms with Crippen LogP contribution in [0.2, 0.25) is 0 Å². The Labute approximate surface area is 143 Å². The number of methoxy groups -OCH3 is 1. The normalized spacial score (nSPS) is 21.4. The lowest BCUT2D eigenvalue weighted by molar-refractivity contribution is -0.113. The predicted octanol–water partition coefficient (Wildman–Crippen LogP) is 1.73. The van der Waals surface area contributed by atoms with Gasteiger partial charge in [0.2, 0.25) is 12.5 Å². The summed E-state index contributed by atoms with van der Waals surface area (Å²) in [7, 11) is 1.57. The van der Waals surface area contributed by atoms with Gasteiger partial charge in [0.15, 0.2) is 16.7 Å². The number of ether oxygens (including phenoxy) is 4. The van der Waals surface area contributed by atoms with Crippen LogP contribution in [-0.2, 0) is 9.53 Å². The average molecular weight is 348 g/mol. The Hall–Kier alpha value is -2.19. The van der Waals surface area contributed by atoms with Crippen LogP contribution in [0.5, 0.6) is 17.2 Å². The van der Waals surface area contributed by atoms with Crippen molar-refractivity contribution in [2.75, 3.05) is 40.2 Å². The molecule has 3 aliphatic heterocycles. The molecule has 0 atom stereocenters. The largest absolute Gasteiger partial charge is 0.493 e. The zero-order valence-corrected chi connectivity index (χ0v) is 13.9. The van der Waals surface area contributed by atoms with Crippen molar-refractivity contribution in [2.24, 2.45) is 4.99 Å². The number of hydrogen-bond donors (Lipinski definition) is 0. The number of aliphatic imine (C=N–C) groups is 1. The molecule has 1 amide bonds. The first-order valence-electron chi connectivity index (χ1n) is 7.57. The third-order valence-electron chi connectivity index (χ3n) is 3.87. The molecule has 0 aliphatic carbocycles. The first-order valence-corrected chi connectivity index (χ1v) is 8.39. The van der Waals surface area contributed by atoms with Crippen molar-refractivity contribution in [1.29, 1.82) is 0 Å². The lowest BCUT2D eigenvalue weighted by atomic mass is 10.1. The van der Waals surface area contributed by atoms with Gasteiger partial charge < -0.3 is 23.8 Å². The second kappa shape index (κ2) is 6.37. The highest BCUT2D eigenvalue weighted by atomic mass is 32.2. The summed E-state index contributed by atoms with van der Waals surface area (Å²) in [6, 6.07) is 3.65. The van der Waals surface area contributed by atoms with E-state index in [-0.39, 0.29) is 12.7 Å². The van der Waals surface area contributed by atoms with Crippen LogP contribution in [0, 0.1) is 0 Å². The maximum absolute atomic E-state index is 12.2. The highest BCUT2D eigenvalue weighted by Crippen LogP contribution is 2.43. The molecule has 8 heteroatoms. The van der Waals surface area contributed by atoms with Crippen molar-refractivity contribution >= 4 is 28.9 Å². The maximum Gasteiger partial charge on any atom is 0.286 e. The molecule has 0 radical (unpaired) electrons. The van der Waals surface area contributed by atoms with Gasteiger partial charge in [0, 0.05) is 13.1 Å². The summed E-state index contributed by atoms with van der Waals surface area (Å²) in [6.45, 7) is 3.00. The molecule has 1 fully saturated rings. The molecule has 7 nitrogen and oxygen atoms in total. The summed E-state index contributed by atoms with van der Waals surface area (Å²) in [5.41, 5.74) is 0.811. The molecule has 3 aliphatic rings. The van der Waals surface area contributed by atoms with Crippen LogP contribution in [0.1, 0.15) is 5.56 Å². The van der Waals surface area contributed by atoms with Crippen molar-refractivity contribution < 1.29 is 23.7 Å². The summed E-state index contributed by atoms with van der Waals surface area (Å²) in [5, 5.41) is 0.738. The first kappa shape index (κ1) is 15.3. The van der Waals surface area contributed by atoms with E-state index in [0.29, 0.717) is 35.4 Å². The number of carbonyl (C=O) groups excluding carboxylic acids is 1. The minimum Gasteiger partial charge on any atom is -0.493 e. The number of rotatable bonds is 2. The molecule has 0 spiro atoms. The van der Waals surface area contributed by atoms with Gasteiger partial charge >= 0.3 is 0 Å². The molecule has 4 rings (SSSR count). The van der Waals surface area contributed by atoms with E-state index in [1.54, 1.807) is 13.2 Å². The van der Waals surface area contributed by atoms with E-state index >= 15 is 0 Å². The van der Waals surface area contributed by atoms with Crippen molar-refractivity contribution in [3.63, 3.8) is 0 Å². The van der Waals surface area contributed by atoms with Gasteiger partial charge in [-0.2, -0.15) is 4.99 Å². The van der Waals surface area contributed by atoms with Crippen molar-refractivity contribution in [2.45, 2.75) is 0 Å². The van der Waals surface area contributed by atoms with Crippen LogP contribution in [0.4, 0.5) is 0 Å². The number of morpholine rings is 1. The standard InChI is InChI=1S/C16H16N2O5S/c1-20-11-6-10(7-12-14(11)23-9-22-12)8-13-15(19)17-16(24-13)18-2-4-21-5-3-18/h6-8H,2-5,9H2,1H3/b13-8-. The average Bonchev–Trinajstić information content (AvgIpc) is 3.22. The topological polar surface area (TPSA) is 69.6 Å². The van der Waals surface area contributed by atoms with Gasteiger partial charge in [-0.25, -0.2) is 0 Å². The summed E-state index contributed by atoms with van der Waals surface area (Å²) >= 11 is 1.39. The Kier molecular flexibility index (Phi) is 4.07. The smallest absolute Gasteiger partial charge is 0.286 e.